The minimum Gasteiger partial charge on any atom is -0.387 e. The van der Waals surface area contributed by atoms with E-state index in [0.717, 1.165) is 18.7 Å². The van der Waals surface area contributed by atoms with Crippen molar-refractivity contribution in [2.45, 2.75) is 39.8 Å². The van der Waals surface area contributed by atoms with Crippen LogP contribution in [0, 0.1) is 11.3 Å². The average molecular weight is 194 g/mol. The van der Waals surface area contributed by atoms with Gasteiger partial charge in [-0.1, -0.05) is 13.8 Å². The summed E-state index contributed by atoms with van der Waals surface area (Å²) in [6.45, 7) is 7.27. The molecule has 1 aromatic rings. The summed E-state index contributed by atoms with van der Waals surface area (Å²) in [5.41, 5.74) is 1.27. The number of aliphatic hydroxyl groups is 1. The first kappa shape index (κ1) is 9.71. The third-order valence-electron chi connectivity index (χ3n) is 3.32. The monoisotopic (exact) mass is 194 g/mol. The largest absolute Gasteiger partial charge is 0.387 e. The van der Waals surface area contributed by atoms with Crippen LogP contribution in [0.2, 0.25) is 0 Å². The molecule has 14 heavy (non-hydrogen) atoms. The van der Waals surface area contributed by atoms with E-state index >= 15 is 0 Å². The second-order valence-electron chi connectivity index (χ2n) is 4.82. The van der Waals surface area contributed by atoms with Gasteiger partial charge >= 0.3 is 0 Å². The molecule has 0 bridgehead atoms. The van der Waals surface area contributed by atoms with Gasteiger partial charge in [0.1, 0.15) is 0 Å². The van der Waals surface area contributed by atoms with E-state index in [9.17, 15) is 5.11 Å². The number of rotatable bonds is 3. The molecule has 1 N–H and O–H groups in total. The predicted octanol–water partition coefficient (Wildman–Crippen LogP) is 1.98. The molecule has 1 fully saturated rings. The summed E-state index contributed by atoms with van der Waals surface area (Å²) >= 11 is 0. The minimum absolute atomic E-state index is 0.308. The van der Waals surface area contributed by atoms with Gasteiger partial charge in [-0.2, -0.15) is 5.10 Å². The van der Waals surface area contributed by atoms with Gasteiger partial charge in [0.25, 0.3) is 0 Å². The Labute approximate surface area is 84.7 Å². The molecule has 0 aromatic carbocycles. The summed E-state index contributed by atoms with van der Waals surface area (Å²) in [7, 11) is 0. The zero-order valence-electron chi connectivity index (χ0n) is 9.07. The van der Waals surface area contributed by atoms with E-state index in [4.69, 9.17) is 0 Å². The van der Waals surface area contributed by atoms with Gasteiger partial charge in [0.15, 0.2) is 0 Å². The Morgan fingerprint density at radius 1 is 1.71 bits per heavy atom. The van der Waals surface area contributed by atoms with Crippen LogP contribution in [-0.2, 0) is 6.54 Å². The highest BCUT2D eigenvalue weighted by molar-refractivity contribution is 5.12. The molecule has 0 amide bonds. The fraction of sp³-hybridized carbons (Fsp3) is 0.727. The molecule has 0 radical (unpaired) electrons. The Kier molecular flexibility index (Phi) is 2.14. The van der Waals surface area contributed by atoms with Crippen molar-refractivity contribution >= 4 is 0 Å². The maximum absolute atomic E-state index is 10.1. The molecule has 1 saturated carbocycles. The molecular formula is C11H18N2O. The molecule has 0 aliphatic heterocycles. The Morgan fingerprint density at radius 3 is 2.86 bits per heavy atom. The van der Waals surface area contributed by atoms with Crippen molar-refractivity contribution in [3.05, 3.63) is 18.0 Å². The first-order chi connectivity index (χ1) is 6.56. The highest BCUT2D eigenvalue weighted by atomic mass is 16.3. The molecule has 3 heteroatoms. The maximum atomic E-state index is 10.1. The van der Waals surface area contributed by atoms with Gasteiger partial charge < -0.3 is 5.11 Å². The van der Waals surface area contributed by atoms with Crippen molar-refractivity contribution in [2.24, 2.45) is 11.3 Å². The highest BCUT2D eigenvalue weighted by Gasteiger charge is 2.50. The van der Waals surface area contributed by atoms with Gasteiger partial charge in [-0.25, -0.2) is 0 Å². The highest BCUT2D eigenvalue weighted by Crippen LogP contribution is 2.57. The molecule has 0 spiro atoms. The molecule has 2 atom stereocenters. The molecule has 78 valence electrons. The molecule has 2 unspecified atom stereocenters. The molecule has 1 aliphatic rings. The number of aliphatic hydroxyl groups excluding tert-OH is 1. The Balaban J connectivity index is 2.16. The van der Waals surface area contributed by atoms with Gasteiger partial charge in [0, 0.05) is 12.7 Å². The summed E-state index contributed by atoms with van der Waals surface area (Å²) in [6, 6.07) is 1.92. The summed E-state index contributed by atoms with van der Waals surface area (Å²) < 4.78 is 1.87. The van der Waals surface area contributed by atoms with Crippen molar-refractivity contribution in [3.8, 4) is 0 Å². The summed E-state index contributed by atoms with van der Waals surface area (Å²) in [4.78, 5) is 0. The zero-order valence-corrected chi connectivity index (χ0v) is 9.07. The molecule has 0 saturated heterocycles. The van der Waals surface area contributed by atoms with Gasteiger partial charge in [-0.15, -0.1) is 0 Å². The Hall–Kier alpha value is -0.830. The fourth-order valence-corrected chi connectivity index (χ4v) is 2.11. The van der Waals surface area contributed by atoms with Gasteiger partial charge in [-0.05, 0) is 30.7 Å². The lowest BCUT2D eigenvalue weighted by atomic mass is 10.0. The van der Waals surface area contributed by atoms with E-state index < -0.39 is 0 Å². The molecule has 3 nitrogen and oxygen atoms in total. The lowest BCUT2D eigenvalue weighted by Crippen LogP contribution is -2.11. The molecular weight excluding hydrogens is 176 g/mol. The number of aromatic nitrogens is 2. The third kappa shape index (κ3) is 1.46. The van der Waals surface area contributed by atoms with Crippen molar-refractivity contribution < 1.29 is 5.11 Å². The zero-order chi connectivity index (χ0) is 10.3. The number of hydrogen-bond acceptors (Lipinski definition) is 2. The number of aryl methyl sites for hydroxylation is 1. The van der Waals surface area contributed by atoms with Gasteiger partial charge in [0.2, 0.25) is 0 Å². The summed E-state index contributed by atoms with van der Waals surface area (Å²) in [5.74, 6) is 0.407. The number of nitrogens with zero attached hydrogens (tertiary/aromatic N) is 2. The van der Waals surface area contributed by atoms with Crippen LogP contribution in [0.25, 0.3) is 0 Å². The van der Waals surface area contributed by atoms with E-state index in [2.05, 4.69) is 18.9 Å². The van der Waals surface area contributed by atoms with Gasteiger partial charge in [0.05, 0.1) is 11.8 Å². The predicted molar refractivity (Wildman–Crippen MR) is 54.7 cm³/mol. The average Bonchev–Trinajstić information content (AvgIpc) is 2.64. The maximum Gasteiger partial charge on any atom is 0.0989 e. The molecule has 1 aromatic heterocycles. The van der Waals surface area contributed by atoms with Crippen LogP contribution in [0.5, 0.6) is 0 Å². The SMILES string of the molecule is CCn1nccc1C(O)C1CC1(C)C. The minimum atomic E-state index is -0.340. The van der Waals surface area contributed by atoms with E-state index in [1.807, 2.05) is 17.7 Å². The standard InChI is InChI=1S/C11H18N2O/c1-4-13-9(5-6-12-13)10(14)8-7-11(8,2)3/h5-6,8,10,14H,4,7H2,1-3H3. The van der Waals surface area contributed by atoms with E-state index in [-0.39, 0.29) is 6.10 Å². The molecule has 2 rings (SSSR count). The molecule has 1 aliphatic carbocycles. The van der Waals surface area contributed by atoms with E-state index in [0.29, 0.717) is 11.3 Å². The second-order valence-corrected chi connectivity index (χ2v) is 4.82. The Morgan fingerprint density at radius 2 is 2.36 bits per heavy atom. The topological polar surface area (TPSA) is 38.0 Å². The first-order valence-electron chi connectivity index (χ1n) is 5.26. The molecule has 1 heterocycles. The fourth-order valence-electron chi connectivity index (χ4n) is 2.11. The normalized spacial score (nSPS) is 26.1. The smallest absolute Gasteiger partial charge is 0.0989 e. The van der Waals surface area contributed by atoms with Crippen LogP contribution >= 0.6 is 0 Å². The van der Waals surface area contributed by atoms with Crippen molar-refractivity contribution in [1.82, 2.24) is 9.78 Å². The van der Waals surface area contributed by atoms with Crippen LogP contribution in [0.3, 0.4) is 0 Å². The Bertz CT molecular complexity index is 330. The van der Waals surface area contributed by atoms with Crippen LogP contribution < -0.4 is 0 Å². The van der Waals surface area contributed by atoms with Crippen LogP contribution in [0.4, 0.5) is 0 Å². The van der Waals surface area contributed by atoms with Crippen LogP contribution in [-0.4, -0.2) is 14.9 Å². The third-order valence-corrected chi connectivity index (χ3v) is 3.32. The van der Waals surface area contributed by atoms with Crippen LogP contribution in [0.1, 0.15) is 39.0 Å². The number of hydrogen-bond donors (Lipinski definition) is 1. The second kappa shape index (κ2) is 3.09. The quantitative estimate of drug-likeness (QED) is 0.799. The van der Waals surface area contributed by atoms with Crippen LogP contribution in [0.15, 0.2) is 12.3 Å². The first-order valence-corrected chi connectivity index (χ1v) is 5.26. The summed E-state index contributed by atoms with van der Waals surface area (Å²) in [5, 5.41) is 14.3. The van der Waals surface area contributed by atoms with Gasteiger partial charge in [-0.3, -0.25) is 4.68 Å². The van der Waals surface area contributed by atoms with Crippen molar-refractivity contribution in [2.75, 3.05) is 0 Å². The van der Waals surface area contributed by atoms with Crippen molar-refractivity contribution in [1.29, 1.82) is 0 Å². The summed E-state index contributed by atoms with van der Waals surface area (Å²) in [6.07, 6.45) is 2.54. The van der Waals surface area contributed by atoms with E-state index in [1.54, 1.807) is 6.20 Å². The lowest BCUT2D eigenvalue weighted by molar-refractivity contribution is 0.128. The van der Waals surface area contributed by atoms with E-state index in [1.165, 1.54) is 0 Å². The van der Waals surface area contributed by atoms with Crippen molar-refractivity contribution in [3.63, 3.8) is 0 Å². The lowest BCUT2D eigenvalue weighted by Gasteiger charge is -2.13.